The minimum absolute atomic E-state index is 0.120. The van der Waals surface area contributed by atoms with E-state index in [0.717, 1.165) is 11.1 Å². The molecule has 4 nitrogen and oxygen atoms in total. The zero-order valence-electron chi connectivity index (χ0n) is 12.5. The van der Waals surface area contributed by atoms with Crippen LogP contribution in [0.25, 0.3) is 0 Å². The van der Waals surface area contributed by atoms with Crippen LogP contribution in [0, 0.1) is 19.7 Å². The highest BCUT2D eigenvalue weighted by Crippen LogP contribution is 2.18. The van der Waals surface area contributed by atoms with Crippen LogP contribution in [0.5, 0.6) is 5.75 Å². The van der Waals surface area contributed by atoms with E-state index in [1.165, 1.54) is 18.3 Å². The molecule has 2 aromatic carbocycles. The fraction of sp³-hybridized carbons (Fsp3) is 0.176. The van der Waals surface area contributed by atoms with Gasteiger partial charge in [0.2, 0.25) is 0 Å². The van der Waals surface area contributed by atoms with Crippen LogP contribution < -0.4 is 10.2 Å². The number of hydrogen-bond donors (Lipinski definition) is 1. The Bertz CT molecular complexity index is 682. The lowest BCUT2D eigenvalue weighted by Crippen LogP contribution is -2.24. The number of carbonyl (C=O) groups is 1. The number of benzene rings is 2. The van der Waals surface area contributed by atoms with Gasteiger partial charge >= 0.3 is 0 Å². The second-order valence-electron chi connectivity index (χ2n) is 4.90. The van der Waals surface area contributed by atoms with E-state index in [4.69, 9.17) is 4.74 Å². The summed E-state index contributed by atoms with van der Waals surface area (Å²) < 4.78 is 18.2. The topological polar surface area (TPSA) is 50.7 Å². The van der Waals surface area contributed by atoms with Crippen LogP contribution in [-0.2, 0) is 4.79 Å². The molecule has 0 bridgehead atoms. The molecule has 0 unspecified atom stereocenters. The Morgan fingerprint density at radius 2 is 1.95 bits per heavy atom. The van der Waals surface area contributed by atoms with Crippen molar-refractivity contribution in [2.75, 3.05) is 6.61 Å². The fourth-order valence-electron chi connectivity index (χ4n) is 1.77. The summed E-state index contributed by atoms with van der Waals surface area (Å²) in [5.74, 6) is 0.0000388. The van der Waals surface area contributed by atoms with Crippen molar-refractivity contribution >= 4 is 12.1 Å². The van der Waals surface area contributed by atoms with E-state index in [-0.39, 0.29) is 18.3 Å². The van der Waals surface area contributed by atoms with Gasteiger partial charge in [-0.1, -0.05) is 24.3 Å². The van der Waals surface area contributed by atoms with Crippen molar-refractivity contribution < 1.29 is 13.9 Å². The Balaban J connectivity index is 1.83. The number of rotatable bonds is 5. The van der Waals surface area contributed by atoms with E-state index in [2.05, 4.69) is 10.5 Å². The lowest BCUT2D eigenvalue weighted by atomic mass is 10.1. The molecule has 0 atom stereocenters. The first kappa shape index (κ1) is 15.7. The van der Waals surface area contributed by atoms with Crippen molar-refractivity contribution in [3.05, 3.63) is 65.0 Å². The molecule has 2 rings (SSSR count). The summed E-state index contributed by atoms with van der Waals surface area (Å²) in [7, 11) is 0. The summed E-state index contributed by atoms with van der Waals surface area (Å²) in [6.45, 7) is 3.75. The number of hydrogen-bond acceptors (Lipinski definition) is 3. The molecule has 0 fully saturated rings. The molecule has 1 amide bonds. The third kappa shape index (κ3) is 4.70. The Kier molecular flexibility index (Phi) is 5.25. The van der Waals surface area contributed by atoms with E-state index in [1.54, 1.807) is 12.1 Å². The summed E-state index contributed by atoms with van der Waals surface area (Å²) >= 11 is 0. The van der Waals surface area contributed by atoms with Crippen molar-refractivity contribution in [1.82, 2.24) is 5.43 Å². The Morgan fingerprint density at radius 1 is 1.23 bits per heavy atom. The zero-order valence-corrected chi connectivity index (χ0v) is 12.5. The largest absolute Gasteiger partial charge is 0.483 e. The number of halogens is 1. The molecule has 2 aromatic rings. The highest BCUT2D eigenvalue weighted by Gasteiger charge is 2.04. The summed E-state index contributed by atoms with van der Waals surface area (Å²) in [4.78, 5) is 11.6. The number of amides is 1. The van der Waals surface area contributed by atoms with E-state index < -0.39 is 0 Å². The van der Waals surface area contributed by atoms with Crippen LogP contribution in [0.2, 0.25) is 0 Å². The van der Waals surface area contributed by atoms with Gasteiger partial charge < -0.3 is 4.74 Å². The van der Waals surface area contributed by atoms with Crippen molar-refractivity contribution in [1.29, 1.82) is 0 Å². The second kappa shape index (κ2) is 7.36. The van der Waals surface area contributed by atoms with Crippen LogP contribution in [0.4, 0.5) is 4.39 Å². The first-order chi connectivity index (χ1) is 10.5. The monoisotopic (exact) mass is 300 g/mol. The van der Waals surface area contributed by atoms with Gasteiger partial charge in [-0.25, -0.2) is 9.82 Å². The lowest BCUT2D eigenvalue weighted by Gasteiger charge is -2.08. The van der Waals surface area contributed by atoms with Gasteiger partial charge in [0.15, 0.2) is 6.61 Å². The highest BCUT2D eigenvalue weighted by atomic mass is 19.1. The maximum Gasteiger partial charge on any atom is 0.277 e. The SMILES string of the molecule is Cc1ccc(C)c(OCC(=O)N/N=C/c2ccc(F)cc2)c1. The van der Waals surface area contributed by atoms with Crippen LogP contribution in [0.15, 0.2) is 47.6 Å². The normalized spacial score (nSPS) is 10.7. The number of nitrogens with one attached hydrogen (secondary N) is 1. The summed E-state index contributed by atoms with van der Waals surface area (Å²) in [5.41, 5.74) is 5.08. The average Bonchev–Trinajstić information content (AvgIpc) is 2.50. The molecule has 0 aliphatic heterocycles. The van der Waals surface area contributed by atoms with Gasteiger partial charge in [0, 0.05) is 0 Å². The number of carbonyl (C=O) groups excluding carboxylic acids is 1. The standard InChI is InChI=1S/C17H17FN2O2/c1-12-3-4-13(2)16(9-12)22-11-17(21)20-19-10-14-5-7-15(18)8-6-14/h3-10H,11H2,1-2H3,(H,20,21)/b19-10+. The van der Waals surface area contributed by atoms with Crippen molar-refractivity contribution in [2.24, 2.45) is 5.10 Å². The number of nitrogens with zero attached hydrogens (tertiary/aromatic N) is 1. The summed E-state index contributed by atoms with van der Waals surface area (Å²) in [6.07, 6.45) is 1.44. The Hall–Kier alpha value is -2.69. The zero-order chi connectivity index (χ0) is 15.9. The number of aryl methyl sites for hydroxylation is 2. The molecule has 0 aliphatic carbocycles. The summed E-state index contributed by atoms with van der Waals surface area (Å²) in [6, 6.07) is 11.6. The van der Waals surface area contributed by atoms with Gasteiger partial charge in [-0.15, -0.1) is 0 Å². The van der Waals surface area contributed by atoms with E-state index >= 15 is 0 Å². The van der Waals surface area contributed by atoms with E-state index in [1.807, 2.05) is 32.0 Å². The third-order valence-electron chi connectivity index (χ3n) is 2.98. The first-order valence-electron chi connectivity index (χ1n) is 6.82. The van der Waals surface area contributed by atoms with Gasteiger partial charge in [0.25, 0.3) is 5.91 Å². The molecular weight excluding hydrogens is 283 g/mol. The molecule has 0 spiro atoms. The number of ether oxygens (including phenoxy) is 1. The Labute approximate surface area is 128 Å². The van der Waals surface area contributed by atoms with Crippen molar-refractivity contribution in [2.45, 2.75) is 13.8 Å². The smallest absolute Gasteiger partial charge is 0.277 e. The predicted molar refractivity (Wildman–Crippen MR) is 83.5 cm³/mol. The van der Waals surface area contributed by atoms with Gasteiger partial charge in [-0.05, 0) is 48.7 Å². The molecule has 0 heterocycles. The molecule has 0 aromatic heterocycles. The van der Waals surface area contributed by atoms with Gasteiger partial charge in [0.1, 0.15) is 11.6 Å². The molecular formula is C17H17FN2O2. The molecule has 0 aliphatic rings. The molecule has 0 saturated heterocycles. The van der Waals surface area contributed by atoms with Crippen LogP contribution in [0.3, 0.4) is 0 Å². The van der Waals surface area contributed by atoms with E-state index in [9.17, 15) is 9.18 Å². The molecule has 22 heavy (non-hydrogen) atoms. The number of hydrazone groups is 1. The second-order valence-corrected chi connectivity index (χ2v) is 4.90. The Morgan fingerprint density at radius 3 is 2.68 bits per heavy atom. The fourth-order valence-corrected chi connectivity index (χ4v) is 1.77. The van der Waals surface area contributed by atoms with Crippen LogP contribution in [-0.4, -0.2) is 18.7 Å². The maximum atomic E-state index is 12.7. The highest BCUT2D eigenvalue weighted by molar-refractivity contribution is 5.82. The molecule has 1 N–H and O–H groups in total. The lowest BCUT2D eigenvalue weighted by molar-refractivity contribution is -0.123. The van der Waals surface area contributed by atoms with Crippen LogP contribution >= 0.6 is 0 Å². The predicted octanol–water partition coefficient (Wildman–Crippen LogP) is 2.97. The minimum atomic E-state index is -0.362. The van der Waals surface area contributed by atoms with Gasteiger partial charge in [-0.2, -0.15) is 5.10 Å². The first-order valence-corrected chi connectivity index (χ1v) is 6.82. The minimum Gasteiger partial charge on any atom is -0.483 e. The molecule has 114 valence electrons. The third-order valence-corrected chi connectivity index (χ3v) is 2.98. The quantitative estimate of drug-likeness (QED) is 0.682. The average molecular weight is 300 g/mol. The summed E-state index contributed by atoms with van der Waals surface area (Å²) in [5, 5.41) is 3.80. The van der Waals surface area contributed by atoms with Crippen molar-refractivity contribution in [3.8, 4) is 5.75 Å². The van der Waals surface area contributed by atoms with Gasteiger partial charge in [0.05, 0.1) is 6.21 Å². The molecule has 0 radical (unpaired) electrons. The molecule has 5 heteroatoms. The van der Waals surface area contributed by atoms with Gasteiger partial charge in [-0.3, -0.25) is 4.79 Å². The molecule has 0 saturated carbocycles. The van der Waals surface area contributed by atoms with Crippen molar-refractivity contribution in [3.63, 3.8) is 0 Å². The van der Waals surface area contributed by atoms with Crippen LogP contribution in [0.1, 0.15) is 16.7 Å². The van der Waals surface area contributed by atoms with E-state index in [0.29, 0.717) is 11.3 Å². The maximum absolute atomic E-state index is 12.7.